The van der Waals surface area contributed by atoms with Gasteiger partial charge in [-0.05, 0) is 36.5 Å². The van der Waals surface area contributed by atoms with E-state index in [0.717, 1.165) is 18.4 Å². The van der Waals surface area contributed by atoms with Crippen molar-refractivity contribution in [2.75, 3.05) is 13.2 Å². The molecule has 3 heteroatoms. The number of hydrogen-bond donors (Lipinski definition) is 1. The largest absolute Gasteiger partial charge is 0.372 e. The van der Waals surface area contributed by atoms with E-state index in [1.165, 1.54) is 12.1 Å². The average molecular weight is 239 g/mol. The Hall–Kier alpha value is -0.930. The van der Waals surface area contributed by atoms with Gasteiger partial charge in [-0.2, -0.15) is 0 Å². The van der Waals surface area contributed by atoms with E-state index in [0.29, 0.717) is 19.1 Å². The summed E-state index contributed by atoms with van der Waals surface area (Å²) in [5.41, 5.74) is 6.61. The van der Waals surface area contributed by atoms with Crippen LogP contribution in [0.5, 0.6) is 0 Å². The van der Waals surface area contributed by atoms with Crippen LogP contribution >= 0.6 is 0 Å². The second kappa shape index (κ2) is 7.41. The maximum atomic E-state index is 12.8. The van der Waals surface area contributed by atoms with Crippen LogP contribution in [0.1, 0.15) is 38.4 Å². The second-order valence-electron chi connectivity index (χ2n) is 4.68. The Balaban J connectivity index is 2.40. The molecule has 1 atom stereocenters. The third kappa shape index (κ3) is 5.29. The molecule has 17 heavy (non-hydrogen) atoms. The Morgan fingerprint density at radius 1 is 1.24 bits per heavy atom. The van der Waals surface area contributed by atoms with E-state index < -0.39 is 0 Å². The van der Waals surface area contributed by atoms with Gasteiger partial charge in [0.1, 0.15) is 5.82 Å². The van der Waals surface area contributed by atoms with Crippen LogP contribution in [-0.4, -0.2) is 13.2 Å². The molecule has 96 valence electrons. The van der Waals surface area contributed by atoms with Gasteiger partial charge in [-0.3, -0.25) is 0 Å². The fourth-order valence-electron chi connectivity index (χ4n) is 1.69. The predicted molar refractivity (Wildman–Crippen MR) is 68.2 cm³/mol. The lowest BCUT2D eigenvalue weighted by Crippen LogP contribution is -2.16. The Bertz CT molecular complexity index is 311. The molecular formula is C14H22FNO. The minimum atomic E-state index is -0.232. The van der Waals surface area contributed by atoms with Crippen molar-refractivity contribution in [3.8, 4) is 0 Å². The Morgan fingerprint density at radius 3 is 2.41 bits per heavy atom. The highest BCUT2D eigenvalue weighted by Crippen LogP contribution is 2.17. The third-order valence-electron chi connectivity index (χ3n) is 2.70. The van der Waals surface area contributed by atoms with E-state index in [9.17, 15) is 4.39 Å². The van der Waals surface area contributed by atoms with Gasteiger partial charge in [0.25, 0.3) is 0 Å². The quantitative estimate of drug-likeness (QED) is 0.741. The lowest BCUT2D eigenvalue weighted by atomic mass is 10.1. The molecule has 2 nitrogen and oxygen atoms in total. The number of hydrogen-bond acceptors (Lipinski definition) is 2. The molecule has 0 saturated carbocycles. The van der Waals surface area contributed by atoms with Crippen LogP contribution in [0, 0.1) is 11.7 Å². The fourth-order valence-corrected chi connectivity index (χ4v) is 1.69. The van der Waals surface area contributed by atoms with Crippen molar-refractivity contribution < 1.29 is 9.13 Å². The number of nitrogens with two attached hydrogens (primary N) is 1. The van der Waals surface area contributed by atoms with Crippen LogP contribution in [-0.2, 0) is 4.74 Å². The van der Waals surface area contributed by atoms with Gasteiger partial charge in [-0.15, -0.1) is 0 Å². The van der Waals surface area contributed by atoms with E-state index in [-0.39, 0.29) is 11.9 Å². The molecule has 0 fully saturated rings. The minimum absolute atomic E-state index is 0.122. The predicted octanol–water partition coefficient (Wildman–Crippen LogP) is 3.28. The minimum Gasteiger partial charge on any atom is -0.372 e. The lowest BCUT2D eigenvalue weighted by molar-refractivity contribution is 0.0545. The summed E-state index contributed by atoms with van der Waals surface area (Å²) in [5.74, 6) is 0.463. The van der Waals surface area contributed by atoms with Crippen LogP contribution < -0.4 is 5.73 Å². The Kier molecular flexibility index (Phi) is 6.16. The maximum Gasteiger partial charge on any atom is 0.123 e. The molecular weight excluding hydrogens is 217 g/mol. The molecule has 1 aromatic carbocycles. The summed E-state index contributed by atoms with van der Waals surface area (Å²) >= 11 is 0. The molecule has 0 spiro atoms. The highest BCUT2D eigenvalue weighted by atomic mass is 19.1. The molecule has 0 aliphatic heterocycles. The summed E-state index contributed by atoms with van der Waals surface area (Å²) < 4.78 is 18.5. The summed E-state index contributed by atoms with van der Waals surface area (Å²) in [6, 6.07) is 6.34. The van der Waals surface area contributed by atoms with Gasteiger partial charge in [0, 0.05) is 13.2 Å². The van der Waals surface area contributed by atoms with Gasteiger partial charge in [-0.1, -0.05) is 26.0 Å². The number of ether oxygens (including phenoxy) is 1. The third-order valence-corrected chi connectivity index (χ3v) is 2.70. The zero-order chi connectivity index (χ0) is 12.7. The van der Waals surface area contributed by atoms with Crippen LogP contribution in [0.3, 0.4) is 0 Å². The molecule has 0 aliphatic rings. The zero-order valence-corrected chi connectivity index (χ0v) is 10.7. The van der Waals surface area contributed by atoms with Gasteiger partial charge in [0.2, 0.25) is 0 Å². The highest BCUT2D eigenvalue weighted by molar-refractivity contribution is 5.18. The van der Waals surface area contributed by atoms with E-state index in [1.54, 1.807) is 12.1 Å². The van der Waals surface area contributed by atoms with E-state index >= 15 is 0 Å². The number of benzene rings is 1. The van der Waals surface area contributed by atoms with E-state index in [1.807, 2.05) is 0 Å². The maximum absolute atomic E-state index is 12.8. The van der Waals surface area contributed by atoms with Crippen molar-refractivity contribution in [2.24, 2.45) is 11.7 Å². The first-order valence-corrected chi connectivity index (χ1v) is 6.20. The Morgan fingerprint density at radius 2 is 1.88 bits per heavy atom. The first kappa shape index (κ1) is 14.1. The molecule has 0 bridgehead atoms. The van der Waals surface area contributed by atoms with Gasteiger partial charge >= 0.3 is 0 Å². The van der Waals surface area contributed by atoms with Crippen LogP contribution in [0.4, 0.5) is 4.39 Å². The van der Waals surface area contributed by atoms with E-state index in [2.05, 4.69) is 13.8 Å². The first-order valence-electron chi connectivity index (χ1n) is 6.20. The molecule has 0 aliphatic carbocycles. The van der Waals surface area contributed by atoms with E-state index in [4.69, 9.17) is 10.5 Å². The zero-order valence-electron chi connectivity index (χ0n) is 10.7. The molecule has 1 aromatic rings. The van der Waals surface area contributed by atoms with Crippen molar-refractivity contribution in [3.63, 3.8) is 0 Å². The SMILES string of the molecule is CC(C)CCCOC(CN)c1ccc(F)cc1. The highest BCUT2D eigenvalue weighted by Gasteiger charge is 2.09. The van der Waals surface area contributed by atoms with Gasteiger partial charge in [0.15, 0.2) is 0 Å². The Labute approximate surface area is 103 Å². The van der Waals surface area contributed by atoms with Gasteiger partial charge in [0.05, 0.1) is 6.10 Å². The topological polar surface area (TPSA) is 35.2 Å². The monoisotopic (exact) mass is 239 g/mol. The second-order valence-corrected chi connectivity index (χ2v) is 4.68. The summed E-state index contributed by atoms with van der Waals surface area (Å²) in [6.45, 7) is 5.52. The number of rotatable bonds is 7. The standard InChI is InChI=1S/C14H22FNO/c1-11(2)4-3-9-17-14(10-16)12-5-7-13(15)8-6-12/h5-8,11,14H,3-4,9-10,16H2,1-2H3. The van der Waals surface area contributed by atoms with Crippen LogP contribution in [0.25, 0.3) is 0 Å². The molecule has 0 aromatic heterocycles. The average Bonchev–Trinajstić information content (AvgIpc) is 2.30. The molecule has 1 unspecified atom stereocenters. The van der Waals surface area contributed by atoms with Crippen molar-refractivity contribution in [1.82, 2.24) is 0 Å². The summed E-state index contributed by atoms with van der Waals surface area (Å²) in [7, 11) is 0. The van der Waals surface area contributed by atoms with Gasteiger partial charge in [-0.25, -0.2) is 4.39 Å². The van der Waals surface area contributed by atoms with Crippen molar-refractivity contribution in [3.05, 3.63) is 35.6 Å². The van der Waals surface area contributed by atoms with Crippen molar-refractivity contribution in [2.45, 2.75) is 32.8 Å². The molecule has 0 heterocycles. The molecule has 1 rings (SSSR count). The molecule has 0 saturated heterocycles. The fraction of sp³-hybridized carbons (Fsp3) is 0.571. The summed E-state index contributed by atoms with van der Waals surface area (Å²) in [4.78, 5) is 0. The molecule has 0 amide bonds. The summed E-state index contributed by atoms with van der Waals surface area (Å²) in [6.07, 6.45) is 2.07. The van der Waals surface area contributed by atoms with Crippen molar-refractivity contribution in [1.29, 1.82) is 0 Å². The lowest BCUT2D eigenvalue weighted by Gasteiger charge is -2.16. The van der Waals surface area contributed by atoms with Crippen LogP contribution in [0.2, 0.25) is 0 Å². The molecule has 0 radical (unpaired) electrons. The smallest absolute Gasteiger partial charge is 0.123 e. The van der Waals surface area contributed by atoms with Crippen LogP contribution in [0.15, 0.2) is 24.3 Å². The summed E-state index contributed by atoms with van der Waals surface area (Å²) in [5, 5.41) is 0. The van der Waals surface area contributed by atoms with Crippen molar-refractivity contribution >= 4 is 0 Å². The number of halogens is 1. The van der Waals surface area contributed by atoms with Gasteiger partial charge < -0.3 is 10.5 Å². The molecule has 2 N–H and O–H groups in total. The normalized spacial score (nSPS) is 13.0. The first-order chi connectivity index (χ1) is 8.13.